The van der Waals surface area contributed by atoms with Crippen LogP contribution in [0.5, 0.6) is 0 Å². The molecule has 3 aromatic rings. The van der Waals surface area contributed by atoms with Crippen LogP contribution in [0.3, 0.4) is 0 Å². The van der Waals surface area contributed by atoms with Crippen LogP contribution in [0.15, 0.2) is 72.8 Å². The first-order valence-corrected chi connectivity index (χ1v) is 39.8. The van der Waals surface area contributed by atoms with Crippen LogP contribution in [0.25, 0.3) is 0 Å². The number of hydrogen-bond acceptors (Lipinski definition) is 26. The Labute approximate surface area is 670 Å². The smallest absolute Gasteiger partial charge is 0.444 e. The van der Waals surface area contributed by atoms with Gasteiger partial charge in [0.1, 0.15) is 35.0 Å². The molecular formula is C81H156ClN17O11. The van der Waals surface area contributed by atoms with E-state index in [0.29, 0.717) is 43.3 Å². The van der Waals surface area contributed by atoms with E-state index >= 15 is 0 Å². The molecular weight excluding hydrogens is 1420 g/mol. The van der Waals surface area contributed by atoms with Gasteiger partial charge in [-0.05, 0) is 326 Å². The molecule has 2 amide bonds. The number of nitrogens with one attached hydrogen (secondary N) is 12. The lowest BCUT2D eigenvalue weighted by atomic mass is 10.1. The number of unbranched alkanes of at least 4 members (excludes halogenated alkanes) is 1. The minimum Gasteiger partial charge on any atom is -0.444 e. The second-order valence-electron chi connectivity index (χ2n) is 29.8. The lowest BCUT2D eigenvalue weighted by molar-refractivity contribution is -0.0295. The third kappa shape index (κ3) is 86.0. The molecule has 638 valence electrons. The van der Waals surface area contributed by atoms with Gasteiger partial charge >= 0.3 is 24.5 Å². The molecule has 29 heteroatoms. The van der Waals surface area contributed by atoms with E-state index in [9.17, 15) is 28.8 Å². The lowest BCUT2D eigenvalue weighted by Gasteiger charge is -2.20. The molecule has 0 heterocycles. The average molecular weight is 1580 g/mol. The molecule has 0 radical (unpaired) electrons. The minimum absolute atomic E-state index is 0. The Morgan fingerprint density at radius 3 is 0.782 bits per heavy atom. The zero-order valence-corrected chi connectivity index (χ0v) is 71.0. The predicted molar refractivity (Wildman–Crippen MR) is 454 cm³/mol. The summed E-state index contributed by atoms with van der Waals surface area (Å²) in [6.45, 7) is 48.3. The Bertz CT molecular complexity index is 2560. The van der Waals surface area contributed by atoms with E-state index in [2.05, 4.69) is 124 Å². The summed E-state index contributed by atoms with van der Waals surface area (Å²) in [4.78, 5) is 65.1. The number of rotatable bonds is 52. The van der Waals surface area contributed by atoms with Gasteiger partial charge in [-0.2, -0.15) is 0 Å². The van der Waals surface area contributed by atoms with Crippen LogP contribution in [0.2, 0.25) is 0 Å². The Morgan fingerprint density at radius 1 is 0.318 bits per heavy atom. The third-order valence-corrected chi connectivity index (χ3v) is 14.1. The fourth-order valence-corrected chi connectivity index (χ4v) is 8.92. The molecule has 0 aromatic heterocycles. The average Bonchev–Trinajstić information content (AvgIpc) is 0.935. The topological polar surface area (TPSA) is 423 Å². The highest BCUT2D eigenvalue weighted by molar-refractivity contribution is 5.85. The van der Waals surface area contributed by atoms with Crippen molar-refractivity contribution < 1.29 is 52.5 Å². The van der Waals surface area contributed by atoms with Crippen molar-refractivity contribution in [3.63, 3.8) is 0 Å². The highest BCUT2D eigenvalue weighted by Gasteiger charge is 2.24. The minimum atomic E-state index is -1.06. The van der Waals surface area contributed by atoms with E-state index in [1.165, 1.54) is 41.5 Å². The highest BCUT2D eigenvalue weighted by Crippen LogP contribution is 2.13. The Hall–Kier alpha value is -6.03. The van der Waals surface area contributed by atoms with Crippen molar-refractivity contribution >= 4 is 49.5 Å². The van der Waals surface area contributed by atoms with Crippen LogP contribution in [0.1, 0.15) is 216 Å². The Kier molecular flexibility index (Phi) is 75.9. The van der Waals surface area contributed by atoms with E-state index in [1.54, 1.807) is 65.8 Å². The van der Waals surface area contributed by atoms with Gasteiger partial charge in [0.15, 0.2) is 0 Å². The lowest BCUT2D eigenvalue weighted by Crippen LogP contribution is -2.34. The fraction of sp³-hybridized carbons (Fsp3) is 0.704. The zero-order valence-electron chi connectivity index (χ0n) is 70.2. The van der Waals surface area contributed by atoms with E-state index in [4.69, 9.17) is 47.6 Å². The van der Waals surface area contributed by atoms with Crippen LogP contribution in [-0.2, 0) is 49.9 Å². The number of amides is 2. The molecule has 0 saturated heterocycles. The molecule has 0 aliphatic carbocycles. The second kappa shape index (κ2) is 75.6. The van der Waals surface area contributed by atoms with Gasteiger partial charge in [0.25, 0.3) is 0 Å². The number of benzene rings is 3. The number of ether oxygens (including phenoxy) is 5. The summed E-state index contributed by atoms with van der Waals surface area (Å²) in [5.41, 5.74) is 31.0. The normalized spacial score (nSPS) is 11.0. The Balaban J connectivity index is -0.000000649. The number of alkyl carbamates (subject to hydrolysis) is 2. The molecule has 110 heavy (non-hydrogen) atoms. The quantitative estimate of drug-likeness (QED) is 0.00825. The maximum atomic E-state index is 11.6. The summed E-state index contributed by atoms with van der Waals surface area (Å²) >= 11 is 0. The third-order valence-electron chi connectivity index (χ3n) is 14.1. The first kappa shape index (κ1) is 110. The molecule has 0 aliphatic rings. The van der Waals surface area contributed by atoms with Gasteiger partial charge in [0.05, 0.1) is 0 Å². The first-order valence-electron chi connectivity index (χ1n) is 39.8. The van der Waals surface area contributed by atoms with Crippen molar-refractivity contribution in [3.05, 3.63) is 106 Å². The van der Waals surface area contributed by atoms with Gasteiger partial charge in [-0.1, -0.05) is 80.1 Å². The number of nitrogens with two attached hydrogens (primary N) is 5. The molecule has 22 N–H and O–H groups in total. The van der Waals surface area contributed by atoms with Crippen molar-refractivity contribution in [3.8, 4) is 0 Å². The monoisotopic (exact) mass is 1580 g/mol. The van der Waals surface area contributed by atoms with E-state index in [-0.39, 0.29) is 24.6 Å². The van der Waals surface area contributed by atoms with Crippen molar-refractivity contribution in [2.45, 2.75) is 222 Å². The van der Waals surface area contributed by atoms with Crippen molar-refractivity contribution in [1.29, 1.82) is 0 Å². The summed E-state index contributed by atoms with van der Waals surface area (Å²) in [5, 5.41) is 39.8. The number of carbonyl (C=O) groups excluding carboxylic acids is 6. The molecule has 0 bridgehead atoms. The summed E-state index contributed by atoms with van der Waals surface area (Å²) in [6, 6.07) is 24.2. The van der Waals surface area contributed by atoms with E-state index < -0.39 is 34.7 Å². The second-order valence-corrected chi connectivity index (χ2v) is 29.8. The van der Waals surface area contributed by atoms with Crippen LogP contribution in [0, 0.1) is 0 Å². The molecule has 0 saturated carbocycles. The highest BCUT2D eigenvalue weighted by atomic mass is 35.5. The number of aldehydes is 2. The van der Waals surface area contributed by atoms with Gasteiger partial charge < -0.3 is 116 Å². The van der Waals surface area contributed by atoms with Gasteiger partial charge in [-0.25, -0.2) is 19.2 Å². The van der Waals surface area contributed by atoms with Crippen LogP contribution in [-0.4, -0.2) is 210 Å². The van der Waals surface area contributed by atoms with Crippen LogP contribution in [0.4, 0.5) is 19.2 Å². The van der Waals surface area contributed by atoms with Crippen molar-refractivity contribution in [2.24, 2.45) is 28.7 Å². The molecule has 0 spiro atoms. The van der Waals surface area contributed by atoms with Crippen LogP contribution >= 0.6 is 12.4 Å². The number of hydrogen-bond donors (Lipinski definition) is 17. The van der Waals surface area contributed by atoms with Crippen molar-refractivity contribution in [2.75, 3.05) is 151 Å². The standard InChI is InChI=1S/C26H49N5O2.C20H40N6.C11H25N3O2.C10H18O5.C8H6O2.C6H17N3.ClH/c1-5-6-13-27-14-8-17-29-21-23-11-7-12-24(20-23)22-30-18-9-15-28-16-10-19-31-25(32)33-26(2,3)4;21-8-2-10-23-12-4-14-25-17-19-6-1-7-20(16-19)18-26-15-5-13-24-11-3-9-22;1-11(2,3)16-10(15)14-9-5-8-13-7-4-6-12;1-9(2,3)14-7(11)13-8(12)15-10(4,5)6;9-5-7-2-1-3-8(4-7)6-10;7-3-1-5-9-6-2-4-8;/h7,11-12,20,27-30H,5-6,8-10,13-19,21-22H2,1-4H3,(H,31,32);1,6-7,16,23-26H,2-5,8-15,17-18,21-22H2;13H,4-9,12H2,1-3H3,(H,14,15);1-6H3;1-6H;9H,1-8H2;1H. The Morgan fingerprint density at radius 2 is 0.545 bits per heavy atom. The number of carbonyl (C=O) groups is 6. The summed E-state index contributed by atoms with van der Waals surface area (Å²) in [7, 11) is 0. The summed E-state index contributed by atoms with van der Waals surface area (Å²) in [6.07, 6.45) is 12.7. The molecule has 0 unspecified atom stereocenters. The molecule has 3 rings (SSSR count). The van der Waals surface area contributed by atoms with Crippen molar-refractivity contribution in [1.82, 2.24) is 63.8 Å². The SMILES string of the molecule is CC(C)(C)OC(=O)NCCCNCCCN.CC(C)(C)OC(=O)OC(=O)OC(C)(C)C.CCCCNCCCNCc1cccc(CNCCCNCCCNC(=O)OC(C)(C)C)c1.Cl.NCCCNCCCN.NCCCNCCCNCc1cccc(CNCCCNCCCN)c1.O=Cc1cccc(C=O)c1. The fourth-order valence-electron chi connectivity index (χ4n) is 8.92. The number of halogens is 1. The summed E-state index contributed by atoms with van der Waals surface area (Å²) in [5.74, 6) is 0. The largest absolute Gasteiger partial charge is 0.519 e. The maximum Gasteiger partial charge on any atom is 0.519 e. The van der Waals surface area contributed by atoms with Gasteiger partial charge in [-0.3, -0.25) is 9.59 Å². The molecule has 3 aromatic carbocycles. The van der Waals surface area contributed by atoms with Crippen LogP contribution < -0.4 is 92.5 Å². The predicted octanol–water partition coefficient (Wildman–Crippen LogP) is 8.78. The maximum absolute atomic E-state index is 11.6. The molecule has 28 nitrogen and oxygen atoms in total. The summed E-state index contributed by atoms with van der Waals surface area (Å²) < 4.78 is 24.1. The molecule has 0 atom stereocenters. The molecule has 0 fully saturated rings. The van der Waals surface area contributed by atoms with Gasteiger partial charge in [0.2, 0.25) is 0 Å². The molecule has 0 aliphatic heterocycles. The van der Waals surface area contributed by atoms with E-state index in [0.717, 1.165) is 221 Å². The zero-order chi connectivity index (χ0) is 82.0. The van der Waals surface area contributed by atoms with E-state index in [1.807, 2.05) is 41.5 Å². The first-order chi connectivity index (χ1) is 52.0. The van der Waals surface area contributed by atoms with Gasteiger partial charge in [0, 0.05) is 50.4 Å². The van der Waals surface area contributed by atoms with Gasteiger partial charge in [-0.15, -0.1) is 12.4 Å².